The number of carboxylic acid groups (broad SMARTS) is 1. The van der Waals surface area contributed by atoms with Gasteiger partial charge in [-0.2, -0.15) is 0 Å². The van der Waals surface area contributed by atoms with Crippen LogP contribution in [-0.4, -0.2) is 22.1 Å². The molecule has 0 unspecified atom stereocenters. The Bertz CT molecular complexity index is 461. The topological polar surface area (TPSA) is 62.2 Å². The largest absolute Gasteiger partial charge is 0.478 e. The van der Waals surface area contributed by atoms with Crippen molar-refractivity contribution in [2.75, 3.05) is 5.32 Å². The number of nitrogens with one attached hydrogen (secondary N) is 1. The van der Waals surface area contributed by atoms with Crippen LogP contribution in [0.2, 0.25) is 0 Å². The third kappa shape index (κ3) is 1.96. The molecule has 0 saturated heterocycles. The van der Waals surface area contributed by atoms with Crippen LogP contribution in [0.15, 0.2) is 18.3 Å². The van der Waals surface area contributed by atoms with Crippen molar-refractivity contribution in [2.45, 2.75) is 38.1 Å². The Kier molecular flexibility index (Phi) is 2.94. The first-order valence-corrected chi connectivity index (χ1v) is 6.70. The van der Waals surface area contributed by atoms with Gasteiger partial charge in [0.25, 0.3) is 0 Å². The first-order valence-electron chi connectivity index (χ1n) is 6.70. The van der Waals surface area contributed by atoms with Crippen molar-refractivity contribution < 1.29 is 9.90 Å². The fourth-order valence-corrected chi connectivity index (χ4v) is 3.61. The van der Waals surface area contributed by atoms with Crippen molar-refractivity contribution in [2.24, 2.45) is 11.8 Å². The Hall–Kier alpha value is -1.58. The molecule has 4 nitrogen and oxygen atoms in total. The molecule has 2 aliphatic rings. The summed E-state index contributed by atoms with van der Waals surface area (Å²) in [6.07, 6.45) is 8.01. The van der Waals surface area contributed by atoms with Gasteiger partial charge in [0.1, 0.15) is 11.4 Å². The fraction of sp³-hybridized carbons (Fsp3) is 0.571. The van der Waals surface area contributed by atoms with Crippen LogP contribution in [0.4, 0.5) is 5.82 Å². The number of nitrogens with zero attached hydrogens (tertiary/aromatic N) is 1. The molecule has 1 heterocycles. The third-order valence-corrected chi connectivity index (χ3v) is 4.44. The lowest BCUT2D eigenvalue weighted by Crippen LogP contribution is -2.26. The third-order valence-electron chi connectivity index (χ3n) is 4.44. The van der Waals surface area contributed by atoms with Crippen LogP contribution in [0.3, 0.4) is 0 Å². The number of hydrogen-bond donors (Lipinski definition) is 2. The number of hydrogen-bond acceptors (Lipinski definition) is 3. The molecule has 0 radical (unpaired) electrons. The van der Waals surface area contributed by atoms with Crippen LogP contribution in [0.1, 0.15) is 42.5 Å². The van der Waals surface area contributed by atoms with Crippen LogP contribution >= 0.6 is 0 Å². The molecule has 4 heteroatoms. The first-order chi connectivity index (χ1) is 8.75. The molecule has 0 amide bonds. The zero-order valence-electron chi connectivity index (χ0n) is 10.3. The number of pyridine rings is 1. The number of carbonyl (C=O) groups is 1. The summed E-state index contributed by atoms with van der Waals surface area (Å²) >= 11 is 0. The summed E-state index contributed by atoms with van der Waals surface area (Å²) in [7, 11) is 0. The second-order valence-corrected chi connectivity index (χ2v) is 5.39. The number of anilines is 1. The molecule has 2 N–H and O–H groups in total. The van der Waals surface area contributed by atoms with Crippen LogP contribution < -0.4 is 5.32 Å². The lowest BCUT2D eigenvalue weighted by atomic mass is 9.97. The number of fused-ring (bicyclic) bond motifs is 1. The number of aromatic nitrogens is 1. The smallest absolute Gasteiger partial charge is 0.339 e. The zero-order chi connectivity index (χ0) is 12.5. The van der Waals surface area contributed by atoms with E-state index in [1.807, 2.05) is 0 Å². The van der Waals surface area contributed by atoms with Crippen molar-refractivity contribution in [3.05, 3.63) is 23.9 Å². The number of carboxylic acids is 1. The van der Waals surface area contributed by atoms with Gasteiger partial charge in [-0.05, 0) is 43.2 Å². The summed E-state index contributed by atoms with van der Waals surface area (Å²) in [5.41, 5.74) is 0.277. The second-order valence-electron chi connectivity index (χ2n) is 5.39. The van der Waals surface area contributed by atoms with Crippen LogP contribution in [0.5, 0.6) is 0 Å². The Balaban J connectivity index is 1.78. The molecule has 0 bridgehead atoms. The van der Waals surface area contributed by atoms with E-state index in [-0.39, 0.29) is 5.56 Å². The Morgan fingerprint density at radius 3 is 3.06 bits per heavy atom. The molecule has 18 heavy (non-hydrogen) atoms. The van der Waals surface area contributed by atoms with E-state index in [1.54, 1.807) is 18.3 Å². The average molecular weight is 246 g/mol. The van der Waals surface area contributed by atoms with Gasteiger partial charge in [-0.15, -0.1) is 0 Å². The number of aromatic carboxylic acids is 1. The van der Waals surface area contributed by atoms with Gasteiger partial charge in [-0.25, -0.2) is 9.78 Å². The van der Waals surface area contributed by atoms with Crippen LogP contribution in [-0.2, 0) is 0 Å². The molecule has 0 spiro atoms. The SMILES string of the molecule is O=C(O)c1cccnc1N[C@H]1CC[C@@H]2CCC[C@@H]21. The molecule has 0 aliphatic heterocycles. The molecule has 2 fully saturated rings. The maximum atomic E-state index is 11.1. The van der Waals surface area contributed by atoms with Crippen molar-refractivity contribution >= 4 is 11.8 Å². The normalized spacial score (nSPS) is 30.1. The van der Waals surface area contributed by atoms with Gasteiger partial charge in [0.15, 0.2) is 0 Å². The molecule has 1 aromatic rings. The monoisotopic (exact) mass is 246 g/mol. The Morgan fingerprint density at radius 2 is 2.22 bits per heavy atom. The highest BCUT2D eigenvalue weighted by Crippen LogP contribution is 2.45. The molecule has 2 saturated carbocycles. The van der Waals surface area contributed by atoms with Gasteiger partial charge < -0.3 is 10.4 Å². The molecule has 3 rings (SSSR count). The molecular weight excluding hydrogens is 228 g/mol. The molecule has 0 aromatic carbocycles. The van der Waals surface area contributed by atoms with Crippen molar-refractivity contribution in [3.8, 4) is 0 Å². The maximum absolute atomic E-state index is 11.1. The van der Waals surface area contributed by atoms with Gasteiger partial charge >= 0.3 is 5.97 Å². The molecule has 2 aliphatic carbocycles. The first kappa shape index (κ1) is 11.5. The number of rotatable bonds is 3. The highest BCUT2D eigenvalue weighted by Gasteiger charge is 2.39. The lowest BCUT2D eigenvalue weighted by molar-refractivity contribution is 0.0697. The highest BCUT2D eigenvalue weighted by atomic mass is 16.4. The molecule has 3 atom stereocenters. The average Bonchev–Trinajstić information content (AvgIpc) is 2.94. The summed E-state index contributed by atoms with van der Waals surface area (Å²) in [4.78, 5) is 15.3. The predicted octanol–water partition coefficient (Wildman–Crippen LogP) is 2.77. The van der Waals surface area contributed by atoms with E-state index in [4.69, 9.17) is 5.11 Å². The minimum atomic E-state index is -0.911. The van der Waals surface area contributed by atoms with Crippen LogP contribution in [0.25, 0.3) is 0 Å². The summed E-state index contributed by atoms with van der Waals surface area (Å²) in [5, 5.41) is 12.5. The highest BCUT2D eigenvalue weighted by molar-refractivity contribution is 5.93. The van der Waals surface area contributed by atoms with Gasteiger partial charge in [0, 0.05) is 12.2 Å². The predicted molar refractivity (Wildman–Crippen MR) is 68.7 cm³/mol. The second kappa shape index (κ2) is 4.59. The Morgan fingerprint density at radius 1 is 1.33 bits per heavy atom. The lowest BCUT2D eigenvalue weighted by Gasteiger charge is -2.21. The van der Waals surface area contributed by atoms with Gasteiger partial charge in [-0.1, -0.05) is 12.8 Å². The van der Waals surface area contributed by atoms with E-state index >= 15 is 0 Å². The minimum Gasteiger partial charge on any atom is -0.478 e. The van der Waals surface area contributed by atoms with E-state index in [9.17, 15) is 4.79 Å². The van der Waals surface area contributed by atoms with Gasteiger partial charge in [-0.3, -0.25) is 0 Å². The zero-order valence-corrected chi connectivity index (χ0v) is 10.3. The van der Waals surface area contributed by atoms with E-state index in [0.717, 1.165) is 12.3 Å². The van der Waals surface area contributed by atoms with Gasteiger partial charge in [0.05, 0.1) is 0 Å². The standard InChI is InChI=1S/C14H18N2O2/c17-14(18)11-5-2-8-15-13(11)16-12-7-6-9-3-1-4-10(9)12/h2,5,8-10,12H,1,3-4,6-7H2,(H,15,16)(H,17,18)/t9-,10-,12-/m0/s1. The van der Waals surface area contributed by atoms with Crippen molar-refractivity contribution in [3.63, 3.8) is 0 Å². The van der Waals surface area contributed by atoms with E-state index in [2.05, 4.69) is 10.3 Å². The van der Waals surface area contributed by atoms with E-state index < -0.39 is 5.97 Å². The van der Waals surface area contributed by atoms with Crippen molar-refractivity contribution in [1.29, 1.82) is 0 Å². The quantitative estimate of drug-likeness (QED) is 0.860. The molecular formula is C14H18N2O2. The molecule has 96 valence electrons. The fourth-order valence-electron chi connectivity index (χ4n) is 3.61. The van der Waals surface area contributed by atoms with E-state index in [0.29, 0.717) is 17.8 Å². The maximum Gasteiger partial charge on any atom is 0.339 e. The molecule has 1 aromatic heterocycles. The summed E-state index contributed by atoms with van der Waals surface area (Å²) in [6, 6.07) is 3.69. The van der Waals surface area contributed by atoms with E-state index in [1.165, 1.54) is 25.7 Å². The Labute approximate surface area is 106 Å². The summed E-state index contributed by atoms with van der Waals surface area (Å²) < 4.78 is 0. The van der Waals surface area contributed by atoms with Crippen molar-refractivity contribution in [1.82, 2.24) is 4.98 Å². The summed E-state index contributed by atoms with van der Waals surface area (Å²) in [6.45, 7) is 0. The minimum absolute atomic E-state index is 0.277. The summed E-state index contributed by atoms with van der Waals surface area (Å²) in [5.74, 6) is 1.18. The van der Waals surface area contributed by atoms with Gasteiger partial charge in [0.2, 0.25) is 0 Å². The van der Waals surface area contributed by atoms with Crippen LogP contribution in [0, 0.1) is 11.8 Å².